The molecule has 26 heteroatoms. The number of carbonyl (C=O) groups is 1. The van der Waals surface area contributed by atoms with Crippen molar-refractivity contribution in [2.45, 2.75) is 0 Å². The normalized spacial score (nSPS) is 10.1. The summed E-state index contributed by atoms with van der Waals surface area (Å²) in [5.74, 6) is -1.25. The van der Waals surface area contributed by atoms with Gasteiger partial charge < -0.3 is 74.2 Å². The minimum Gasteiger partial charge on any atom is -0.478 e. The van der Waals surface area contributed by atoms with Crippen LogP contribution >= 0.6 is 0 Å². The number of benzene rings is 4. The van der Waals surface area contributed by atoms with Crippen molar-refractivity contribution in [1.82, 2.24) is 19.9 Å². The number of carboxylic acids is 1. The third-order valence-corrected chi connectivity index (χ3v) is 9.77. The number of furan rings is 2. The van der Waals surface area contributed by atoms with Crippen LogP contribution in [0.1, 0.15) is 10.4 Å². The van der Waals surface area contributed by atoms with Gasteiger partial charge in [-0.2, -0.15) is 0 Å². The molecular formula is C45H42B6N4O16. The van der Waals surface area contributed by atoms with Crippen LogP contribution in [-0.2, 0) is 0 Å². The quantitative estimate of drug-likeness (QED) is 0.0722. The third-order valence-electron chi connectivity index (χ3n) is 9.77. The Labute approximate surface area is 405 Å². The Morgan fingerprint density at radius 2 is 1.07 bits per heavy atom. The number of hydrogen-bond donors (Lipinski definition) is 13. The maximum absolute atomic E-state index is 10.3. The highest BCUT2D eigenvalue weighted by Gasteiger charge is 2.24. The zero-order valence-electron chi connectivity index (χ0n) is 37.0. The van der Waals surface area contributed by atoms with Crippen LogP contribution in [0, 0.1) is 0 Å². The first-order valence-corrected chi connectivity index (χ1v) is 20.9. The zero-order chi connectivity index (χ0) is 51.5. The Morgan fingerprint density at radius 3 is 1.68 bits per heavy atom. The molecule has 0 radical (unpaired) electrons. The lowest BCUT2D eigenvalue weighted by Gasteiger charge is -2.03. The maximum atomic E-state index is 10.3. The Morgan fingerprint density at radius 1 is 0.451 bits per heavy atom. The van der Waals surface area contributed by atoms with E-state index in [0.29, 0.717) is 27.4 Å². The first-order chi connectivity index (χ1) is 34.1. The number of pyridine rings is 4. The monoisotopic (exact) mass is 960 g/mol. The molecular weight excluding hydrogens is 917 g/mol. The van der Waals surface area contributed by atoms with Gasteiger partial charge in [0.15, 0.2) is 0 Å². The van der Waals surface area contributed by atoms with Crippen LogP contribution in [0.15, 0.2) is 186 Å². The average molecular weight is 960 g/mol. The first kappa shape index (κ1) is 54.4. The number of aromatic nitrogens is 4. The number of rotatable bonds is 7. The van der Waals surface area contributed by atoms with Gasteiger partial charge in [0.25, 0.3) is 0 Å². The van der Waals surface area contributed by atoms with Crippen molar-refractivity contribution in [1.29, 1.82) is 0 Å². The lowest BCUT2D eigenvalue weighted by atomic mass is 9.78. The number of fused-ring (bicyclic) bond motifs is 4. The van der Waals surface area contributed by atoms with Gasteiger partial charge in [0, 0.05) is 59.7 Å². The van der Waals surface area contributed by atoms with Crippen molar-refractivity contribution < 1.29 is 79.0 Å². The fourth-order valence-corrected chi connectivity index (χ4v) is 6.42. The van der Waals surface area contributed by atoms with E-state index >= 15 is 0 Å². The number of aromatic carboxylic acids is 1. The minimum absolute atomic E-state index is 0.177. The number of para-hydroxylation sites is 1. The molecule has 356 valence electrons. The van der Waals surface area contributed by atoms with Gasteiger partial charge in [-0.15, -0.1) is 0 Å². The lowest BCUT2D eigenvalue weighted by molar-refractivity contribution is 0.0697. The van der Waals surface area contributed by atoms with E-state index in [4.69, 9.17) is 69.8 Å². The molecule has 0 bridgehead atoms. The van der Waals surface area contributed by atoms with Gasteiger partial charge >= 0.3 is 48.7 Å². The van der Waals surface area contributed by atoms with Gasteiger partial charge in [0.05, 0.1) is 17.3 Å². The minimum atomic E-state index is -1.88. The van der Waals surface area contributed by atoms with E-state index in [0.717, 1.165) is 50.2 Å². The SMILES string of the molecule is O=C(O)c1ccoc1B(O)O.OB(O)c1cc2ccccc2o1.OB(O)c1cccc2ccncc12.OB(O)c1cccc2ncccc12.OB(O)c1cccnc1.OB(O)c1cncc2ccccc12. The molecule has 0 atom stereocenters. The fraction of sp³-hybridized carbons (Fsp3) is 0. The van der Waals surface area contributed by atoms with Crippen molar-refractivity contribution >= 4 is 125 Å². The van der Waals surface area contributed by atoms with E-state index in [1.54, 1.807) is 85.6 Å². The largest absolute Gasteiger partial charge is 0.527 e. The molecule has 71 heavy (non-hydrogen) atoms. The second-order valence-corrected chi connectivity index (χ2v) is 14.5. The van der Waals surface area contributed by atoms with Crippen LogP contribution < -0.4 is 33.2 Å². The molecule has 0 amide bonds. The van der Waals surface area contributed by atoms with Crippen molar-refractivity contribution in [3.05, 3.63) is 183 Å². The smallest absolute Gasteiger partial charge is 0.478 e. The Kier molecular flexibility index (Phi) is 20.7. The fourth-order valence-electron chi connectivity index (χ4n) is 6.42. The molecule has 10 rings (SSSR count). The predicted octanol–water partition coefficient (Wildman–Crippen LogP) is -2.72. The number of carboxylic acid groups (broad SMARTS) is 1. The Balaban J connectivity index is 0.000000159. The standard InChI is InChI=1S/3C9H8BNO2.C8H7BO3.C5H6BNO2.C5H5BO5/c12-10(13)8-4-1-5-9-7(8)3-2-6-11-9;12-10(13)9-3-1-2-7-4-5-11-6-8(7)9;12-10(13)9-6-11-5-7-3-1-2-4-8(7)9;10-9(11)8-5-6-3-1-2-4-7(6)12-8;8-6(9)5-2-1-3-7-4-5;7-5(8)3-1-2-11-4(3)6(9)10/h3*1-6,12-13H;1-5,10-11H;1-4,8-9H;1-2,9-10H,(H,7,8). The van der Waals surface area contributed by atoms with Gasteiger partial charge in [-0.1, -0.05) is 84.9 Å². The Hall–Kier alpha value is -7.54. The number of hydrogen-bond acceptors (Lipinski definition) is 19. The van der Waals surface area contributed by atoms with Gasteiger partial charge in [-0.25, -0.2) is 4.79 Å². The molecule has 20 nitrogen and oxygen atoms in total. The van der Waals surface area contributed by atoms with Gasteiger partial charge in [-0.05, 0) is 80.3 Å². The maximum Gasteiger partial charge on any atom is 0.527 e. The molecule has 0 unspecified atom stereocenters. The van der Waals surface area contributed by atoms with Gasteiger partial charge in [-0.3, -0.25) is 19.9 Å². The molecule has 0 spiro atoms. The van der Waals surface area contributed by atoms with Gasteiger partial charge in [0.2, 0.25) is 0 Å². The van der Waals surface area contributed by atoms with E-state index in [1.165, 1.54) is 12.4 Å². The summed E-state index contributed by atoms with van der Waals surface area (Å²) in [7, 11) is -9.15. The summed E-state index contributed by atoms with van der Waals surface area (Å²) in [6.45, 7) is 0. The van der Waals surface area contributed by atoms with Crippen molar-refractivity contribution in [2.24, 2.45) is 0 Å². The third kappa shape index (κ3) is 15.7. The summed E-state index contributed by atoms with van der Waals surface area (Å²) >= 11 is 0. The molecule has 4 aromatic carbocycles. The second kappa shape index (κ2) is 27.0. The molecule has 0 fully saturated rings. The summed E-state index contributed by atoms with van der Waals surface area (Å²) in [6.07, 6.45) is 12.2. The number of nitrogens with zero attached hydrogens (tertiary/aromatic N) is 4. The summed E-state index contributed by atoms with van der Waals surface area (Å²) in [5.41, 5.74) is 2.87. The highest BCUT2D eigenvalue weighted by atomic mass is 16.4. The molecule has 13 N–H and O–H groups in total. The lowest BCUT2D eigenvalue weighted by Crippen LogP contribution is -2.32. The van der Waals surface area contributed by atoms with E-state index in [-0.39, 0.29) is 16.9 Å². The highest BCUT2D eigenvalue weighted by molar-refractivity contribution is 6.63. The van der Waals surface area contributed by atoms with Crippen LogP contribution in [0.2, 0.25) is 0 Å². The molecule has 10 aromatic rings. The molecule has 0 aliphatic heterocycles. The van der Waals surface area contributed by atoms with Crippen molar-refractivity contribution in [3.8, 4) is 0 Å². The topological polar surface area (TPSA) is 358 Å². The van der Waals surface area contributed by atoms with E-state index in [1.807, 2.05) is 66.7 Å². The molecule has 0 aliphatic carbocycles. The van der Waals surface area contributed by atoms with E-state index in [9.17, 15) is 4.79 Å². The summed E-state index contributed by atoms with van der Waals surface area (Å²) in [4.78, 5) is 25.9. The van der Waals surface area contributed by atoms with E-state index < -0.39 is 48.7 Å². The van der Waals surface area contributed by atoms with Crippen LogP contribution in [0.25, 0.3) is 43.4 Å². The van der Waals surface area contributed by atoms with Crippen molar-refractivity contribution in [2.75, 3.05) is 0 Å². The van der Waals surface area contributed by atoms with Crippen molar-refractivity contribution in [3.63, 3.8) is 0 Å². The predicted molar refractivity (Wildman–Crippen MR) is 270 cm³/mol. The summed E-state index contributed by atoms with van der Waals surface area (Å²) in [6, 6.07) is 36.9. The van der Waals surface area contributed by atoms with Crippen LogP contribution in [0.4, 0.5) is 0 Å². The van der Waals surface area contributed by atoms with Crippen LogP contribution in [0.5, 0.6) is 0 Å². The van der Waals surface area contributed by atoms with E-state index in [2.05, 4.69) is 24.4 Å². The summed E-state index contributed by atoms with van der Waals surface area (Å²) < 4.78 is 9.64. The zero-order valence-corrected chi connectivity index (χ0v) is 37.0. The average Bonchev–Trinajstić information content (AvgIpc) is 4.07. The Bertz CT molecular complexity index is 2980. The molecule has 0 saturated heterocycles. The van der Waals surface area contributed by atoms with Crippen LogP contribution in [-0.4, -0.2) is 134 Å². The second-order valence-electron chi connectivity index (χ2n) is 14.5. The molecule has 6 heterocycles. The highest BCUT2D eigenvalue weighted by Crippen LogP contribution is 2.13. The molecule has 0 saturated carbocycles. The first-order valence-electron chi connectivity index (χ1n) is 20.9. The molecule has 6 aromatic heterocycles. The molecule has 0 aliphatic rings. The van der Waals surface area contributed by atoms with Crippen LogP contribution in [0.3, 0.4) is 0 Å². The van der Waals surface area contributed by atoms with Gasteiger partial charge in [0.1, 0.15) is 16.9 Å². The summed E-state index contributed by atoms with van der Waals surface area (Å²) in [5, 5.41) is 120.